The van der Waals surface area contributed by atoms with E-state index in [-0.39, 0.29) is 0 Å². The van der Waals surface area contributed by atoms with E-state index >= 15 is 0 Å². The highest BCUT2D eigenvalue weighted by Gasteiger charge is 2.32. The fourth-order valence-corrected chi connectivity index (χ4v) is 4.93. The van der Waals surface area contributed by atoms with Crippen LogP contribution in [0.15, 0.2) is 36.9 Å². The van der Waals surface area contributed by atoms with E-state index in [0.717, 1.165) is 43.4 Å². The van der Waals surface area contributed by atoms with E-state index in [1.807, 2.05) is 30.2 Å². The molecule has 5 rings (SSSR count). The van der Waals surface area contributed by atoms with Crippen molar-refractivity contribution in [1.82, 2.24) is 24.2 Å². The Morgan fingerprint density at radius 2 is 1.89 bits per heavy atom. The molecular formula is C21H26FN5. The maximum Gasteiger partial charge on any atom is 0.140 e. The minimum atomic E-state index is -0.623. The van der Waals surface area contributed by atoms with Gasteiger partial charge in [-0.1, -0.05) is 0 Å². The second-order valence-corrected chi connectivity index (χ2v) is 8.07. The molecule has 4 heterocycles. The van der Waals surface area contributed by atoms with Gasteiger partial charge in [-0.15, -0.1) is 0 Å². The lowest BCUT2D eigenvalue weighted by atomic mass is 9.90. The second kappa shape index (κ2) is 6.75. The molecule has 1 saturated carbocycles. The Bertz CT molecular complexity index is 937. The molecule has 0 unspecified atom stereocenters. The summed E-state index contributed by atoms with van der Waals surface area (Å²) >= 11 is 0. The SMILES string of the molecule is Cn1cc(-c2cn(C3CCC(N4CC[C@@H](F)C4)CC3)c3ncccc23)cn1. The number of aromatic nitrogens is 4. The lowest BCUT2D eigenvalue weighted by Gasteiger charge is -2.35. The highest BCUT2D eigenvalue weighted by atomic mass is 19.1. The van der Waals surface area contributed by atoms with E-state index < -0.39 is 6.17 Å². The molecule has 0 spiro atoms. The first-order chi connectivity index (χ1) is 13.2. The van der Waals surface area contributed by atoms with Gasteiger partial charge in [0, 0.05) is 67.3 Å². The van der Waals surface area contributed by atoms with Crippen LogP contribution in [0.1, 0.15) is 38.1 Å². The lowest BCUT2D eigenvalue weighted by Crippen LogP contribution is -2.37. The maximum absolute atomic E-state index is 13.5. The molecule has 0 N–H and O–H groups in total. The number of hydrogen-bond acceptors (Lipinski definition) is 3. The van der Waals surface area contributed by atoms with Crippen molar-refractivity contribution in [2.75, 3.05) is 13.1 Å². The summed E-state index contributed by atoms with van der Waals surface area (Å²) in [5.41, 5.74) is 3.40. The Balaban J connectivity index is 1.41. The molecular weight excluding hydrogens is 341 g/mol. The summed E-state index contributed by atoms with van der Waals surface area (Å²) < 4.78 is 17.8. The van der Waals surface area contributed by atoms with Gasteiger partial charge in [-0.2, -0.15) is 5.10 Å². The Hall–Kier alpha value is -2.21. The Labute approximate surface area is 158 Å². The van der Waals surface area contributed by atoms with Crippen LogP contribution in [0.4, 0.5) is 4.39 Å². The molecule has 0 amide bonds. The fourth-order valence-electron chi connectivity index (χ4n) is 4.93. The second-order valence-electron chi connectivity index (χ2n) is 8.07. The summed E-state index contributed by atoms with van der Waals surface area (Å²) in [6.07, 6.45) is 12.8. The van der Waals surface area contributed by atoms with Gasteiger partial charge < -0.3 is 4.57 Å². The van der Waals surface area contributed by atoms with Crippen LogP contribution < -0.4 is 0 Å². The van der Waals surface area contributed by atoms with Gasteiger partial charge in [0.05, 0.1) is 6.20 Å². The van der Waals surface area contributed by atoms with Crippen LogP contribution >= 0.6 is 0 Å². The maximum atomic E-state index is 13.5. The first kappa shape index (κ1) is 16.9. The number of hydrogen-bond donors (Lipinski definition) is 0. The normalized spacial score (nSPS) is 26.8. The van der Waals surface area contributed by atoms with Gasteiger partial charge in [-0.05, 0) is 44.2 Å². The van der Waals surface area contributed by atoms with Crippen molar-refractivity contribution in [2.24, 2.45) is 7.05 Å². The van der Waals surface area contributed by atoms with Crippen LogP contribution in [-0.4, -0.2) is 49.5 Å². The van der Waals surface area contributed by atoms with E-state index in [4.69, 9.17) is 4.98 Å². The molecule has 1 saturated heterocycles. The lowest BCUT2D eigenvalue weighted by molar-refractivity contribution is 0.157. The molecule has 2 fully saturated rings. The molecule has 0 bridgehead atoms. The molecule has 142 valence electrons. The zero-order valence-corrected chi connectivity index (χ0v) is 15.8. The molecule has 27 heavy (non-hydrogen) atoms. The predicted octanol–water partition coefficient (Wildman–Crippen LogP) is 3.96. The topological polar surface area (TPSA) is 38.9 Å². The van der Waals surface area contributed by atoms with Gasteiger partial charge in [0.25, 0.3) is 0 Å². The number of fused-ring (bicyclic) bond motifs is 1. The van der Waals surface area contributed by atoms with Gasteiger partial charge in [-0.3, -0.25) is 9.58 Å². The summed E-state index contributed by atoms with van der Waals surface area (Å²) in [4.78, 5) is 7.06. The summed E-state index contributed by atoms with van der Waals surface area (Å²) in [6, 6.07) is 5.17. The van der Waals surface area contributed by atoms with E-state index in [0.29, 0.717) is 25.0 Å². The van der Waals surface area contributed by atoms with Crippen LogP contribution in [0, 0.1) is 0 Å². The molecule has 1 atom stereocenters. The smallest absolute Gasteiger partial charge is 0.140 e. The van der Waals surface area contributed by atoms with Crippen molar-refractivity contribution in [1.29, 1.82) is 0 Å². The monoisotopic (exact) mass is 367 g/mol. The van der Waals surface area contributed by atoms with E-state index in [1.54, 1.807) is 0 Å². The molecule has 3 aromatic rings. The first-order valence-corrected chi connectivity index (χ1v) is 10.0. The van der Waals surface area contributed by atoms with Crippen molar-refractivity contribution < 1.29 is 4.39 Å². The molecule has 0 aromatic carbocycles. The summed E-state index contributed by atoms with van der Waals surface area (Å²) in [5, 5.41) is 5.52. The molecule has 1 aliphatic carbocycles. The average Bonchev–Trinajstić information content (AvgIpc) is 3.40. The van der Waals surface area contributed by atoms with Crippen LogP contribution in [0.25, 0.3) is 22.2 Å². The van der Waals surface area contributed by atoms with Gasteiger partial charge >= 0.3 is 0 Å². The molecule has 6 heteroatoms. The standard InChI is InChI=1S/C21H26FN5/c1-25-12-15(11-24-25)20-14-27(21-19(20)3-2-9-23-21)18-6-4-17(5-7-18)26-10-8-16(22)13-26/h2-3,9,11-12,14,16-18H,4-8,10,13H2,1H3/t16-,17?,18?/m1/s1. The van der Waals surface area contributed by atoms with Gasteiger partial charge in [0.15, 0.2) is 0 Å². The number of alkyl halides is 1. The summed E-state index contributed by atoms with van der Waals surface area (Å²) in [5.74, 6) is 0. The number of pyridine rings is 1. The van der Waals surface area contributed by atoms with Crippen LogP contribution in [0.3, 0.4) is 0 Å². The molecule has 5 nitrogen and oxygen atoms in total. The van der Waals surface area contributed by atoms with E-state index in [1.165, 1.54) is 10.9 Å². The van der Waals surface area contributed by atoms with Crippen molar-refractivity contribution in [3.63, 3.8) is 0 Å². The minimum absolute atomic E-state index is 0.466. The van der Waals surface area contributed by atoms with Crippen molar-refractivity contribution in [3.8, 4) is 11.1 Å². The third-order valence-electron chi connectivity index (χ3n) is 6.34. The zero-order chi connectivity index (χ0) is 18.4. The zero-order valence-electron chi connectivity index (χ0n) is 15.8. The number of rotatable bonds is 3. The number of nitrogens with zero attached hydrogens (tertiary/aromatic N) is 5. The molecule has 1 aliphatic heterocycles. The van der Waals surface area contributed by atoms with Crippen molar-refractivity contribution >= 4 is 11.0 Å². The van der Waals surface area contributed by atoms with Gasteiger partial charge in [0.1, 0.15) is 11.8 Å². The number of halogens is 1. The quantitative estimate of drug-likeness (QED) is 0.703. The number of aryl methyl sites for hydroxylation is 1. The third kappa shape index (κ3) is 3.06. The molecule has 3 aromatic heterocycles. The van der Waals surface area contributed by atoms with E-state index in [9.17, 15) is 4.39 Å². The summed E-state index contributed by atoms with van der Waals surface area (Å²) in [7, 11) is 1.95. The highest BCUT2D eigenvalue weighted by Crippen LogP contribution is 2.37. The van der Waals surface area contributed by atoms with Crippen molar-refractivity contribution in [2.45, 2.75) is 50.4 Å². The first-order valence-electron chi connectivity index (χ1n) is 10.0. The highest BCUT2D eigenvalue weighted by molar-refractivity contribution is 5.93. The predicted molar refractivity (Wildman–Crippen MR) is 104 cm³/mol. The van der Waals surface area contributed by atoms with Crippen LogP contribution in [-0.2, 0) is 7.05 Å². The Morgan fingerprint density at radius 1 is 1.07 bits per heavy atom. The van der Waals surface area contributed by atoms with Crippen LogP contribution in [0.5, 0.6) is 0 Å². The number of likely N-dealkylation sites (tertiary alicyclic amines) is 1. The summed E-state index contributed by atoms with van der Waals surface area (Å²) in [6.45, 7) is 1.56. The Morgan fingerprint density at radius 3 is 2.59 bits per heavy atom. The average molecular weight is 367 g/mol. The molecule has 2 aliphatic rings. The Kier molecular flexibility index (Phi) is 4.23. The van der Waals surface area contributed by atoms with E-state index in [2.05, 4.69) is 33.0 Å². The molecule has 0 radical (unpaired) electrons. The minimum Gasteiger partial charge on any atom is -0.329 e. The van der Waals surface area contributed by atoms with Crippen molar-refractivity contribution in [3.05, 3.63) is 36.9 Å². The largest absolute Gasteiger partial charge is 0.329 e. The third-order valence-corrected chi connectivity index (χ3v) is 6.34. The fraction of sp³-hybridized carbons (Fsp3) is 0.524. The van der Waals surface area contributed by atoms with Gasteiger partial charge in [-0.25, -0.2) is 9.37 Å². The van der Waals surface area contributed by atoms with Gasteiger partial charge in [0.2, 0.25) is 0 Å². The van der Waals surface area contributed by atoms with Crippen LogP contribution in [0.2, 0.25) is 0 Å².